The van der Waals surface area contributed by atoms with Crippen molar-refractivity contribution in [1.82, 2.24) is 0 Å². The standard InChI is InChI=1S/C10H12O7.2Na/c1-3-15-9(13)7-5(11)6(12)8(17-7)10(14)16-4-2;;/h11-12H,3-4H2,1-2H3;;. The molecule has 19 heavy (non-hydrogen) atoms. The van der Waals surface area contributed by atoms with Gasteiger partial charge in [-0.3, -0.25) is 0 Å². The first-order valence-electron chi connectivity index (χ1n) is 4.91. The molecule has 0 bridgehead atoms. The summed E-state index contributed by atoms with van der Waals surface area (Å²) < 4.78 is 13.8. The van der Waals surface area contributed by atoms with Gasteiger partial charge < -0.3 is 24.1 Å². The third kappa shape index (κ3) is 5.02. The summed E-state index contributed by atoms with van der Waals surface area (Å²) in [6.45, 7) is 3.25. The third-order valence-electron chi connectivity index (χ3n) is 1.78. The van der Waals surface area contributed by atoms with Gasteiger partial charge >= 0.3 is 11.9 Å². The van der Waals surface area contributed by atoms with E-state index in [1.54, 1.807) is 13.8 Å². The Bertz CT molecular complexity index is 403. The number of hydrogen-bond donors (Lipinski definition) is 2. The summed E-state index contributed by atoms with van der Waals surface area (Å²) in [6, 6.07) is 0. The van der Waals surface area contributed by atoms with E-state index in [1.807, 2.05) is 0 Å². The van der Waals surface area contributed by atoms with Crippen molar-refractivity contribution in [3.63, 3.8) is 0 Å². The quantitative estimate of drug-likeness (QED) is 0.606. The van der Waals surface area contributed by atoms with Gasteiger partial charge in [-0.2, -0.15) is 0 Å². The van der Waals surface area contributed by atoms with E-state index >= 15 is 0 Å². The molecule has 0 aliphatic carbocycles. The number of carbonyl (C=O) groups is 2. The predicted octanol–water partition coefficient (Wildman–Crippen LogP) is 0.283. The van der Waals surface area contributed by atoms with Gasteiger partial charge in [0.15, 0.2) is 0 Å². The molecule has 1 heterocycles. The Hall–Kier alpha value is -0.180. The van der Waals surface area contributed by atoms with Crippen molar-refractivity contribution in [2.75, 3.05) is 13.2 Å². The maximum absolute atomic E-state index is 11.3. The molecule has 0 unspecified atom stereocenters. The summed E-state index contributed by atoms with van der Waals surface area (Å²) in [7, 11) is 0. The van der Waals surface area contributed by atoms with Crippen LogP contribution in [-0.4, -0.2) is 94.5 Å². The Kier molecular flexibility index (Phi) is 10.8. The van der Waals surface area contributed by atoms with Gasteiger partial charge in [-0.25, -0.2) is 9.59 Å². The zero-order valence-corrected chi connectivity index (χ0v) is 15.3. The second kappa shape index (κ2) is 9.68. The first kappa shape index (κ1) is 21.1. The molecule has 1 aromatic rings. The minimum absolute atomic E-state index is 0. The second-order valence-electron chi connectivity index (χ2n) is 2.90. The molecule has 0 fully saturated rings. The summed E-state index contributed by atoms with van der Waals surface area (Å²) in [5, 5.41) is 18.8. The van der Waals surface area contributed by atoms with Crippen LogP contribution >= 0.6 is 0 Å². The molecular weight excluding hydrogens is 278 g/mol. The molecule has 0 saturated heterocycles. The van der Waals surface area contributed by atoms with Gasteiger partial charge in [0, 0.05) is 59.1 Å². The number of rotatable bonds is 4. The van der Waals surface area contributed by atoms with Crippen molar-refractivity contribution < 1.29 is 33.7 Å². The van der Waals surface area contributed by atoms with E-state index in [-0.39, 0.29) is 72.3 Å². The van der Waals surface area contributed by atoms with Crippen molar-refractivity contribution in [1.29, 1.82) is 0 Å². The Morgan fingerprint density at radius 1 is 0.947 bits per heavy atom. The fourth-order valence-electron chi connectivity index (χ4n) is 1.08. The zero-order valence-electron chi connectivity index (χ0n) is 11.3. The normalized spacial score (nSPS) is 8.95. The Morgan fingerprint density at radius 2 is 1.26 bits per heavy atom. The zero-order chi connectivity index (χ0) is 13.0. The number of hydrogen-bond acceptors (Lipinski definition) is 7. The van der Waals surface area contributed by atoms with Gasteiger partial charge in [-0.1, -0.05) is 0 Å². The molecule has 7 nitrogen and oxygen atoms in total. The molecule has 1 aromatic heterocycles. The summed E-state index contributed by atoms with van der Waals surface area (Å²) in [4.78, 5) is 22.5. The van der Waals surface area contributed by atoms with Crippen LogP contribution in [0, 0.1) is 0 Å². The second-order valence-corrected chi connectivity index (χ2v) is 2.90. The van der Waals surface area contributed by atoms with Crippen LogP contribution in [0.5, 0.6) is 11.5 Å². The van der Waals surface area contributed by atoms with E-state index in [0.717, 1.165) is 0 Å². The molecule has 9 heteroatoms. The molecule has 0 aliphatic rings. The molecule has 0 aliphatic heterocycles. The van der Waals surface area contributed by atoms with E-state index in [4.69, 9.17) is 4.42 Å². The first-order chi connectivity index (χ1) is 8.02. The molecule has 0 atom stereocenters. The van der Waals surface area contributed by atoms with Crippen LogP contribution in [-0.2, 0) is 9.47 Å². The molecular formula is C10H12Na2O7. The number of ether oxygens (including phenoxy) is 2. The molecule has 0 amide bonds. The molecule has 96 valence electrons. The van der Waals surface area contributed by atoms with Gasteiger partial charge in [-0.05, 0) is 13.8 Å². The monoisotopic (exact) mass is 290 g/mol. The van der Waals surface area contributed by atoms with Crippen LogP contribution in [0.4, 0.5) is 0 Å². The average molecular weight is 290 g/mol. The van der Waals surface area contributed by atoms with Gasteiger partial charge in [-0.15, -0.1) is 0 Å². The smallest absolute Gasteiger partial charge is 0.378 e. The molecule has 1 rings (SSSR count). The number of esters is 2. The van der Waals surface area contributed by atoms with Crippen LogP contribution in [0.3, 0.4) is 0 Å². The van der Waals surface area contributed by atoms with Crippen LogP contribution in [0.1, 0.15) is 35.0 Å². The van der Waals surface area contributed by atoms with Gasteiger partial charge in [0.1, 0.15) is 0 Å². The summed E-state index contributed by atoms with van der Waals surface area (Å²) in [5.41, 5.74) is 0. The Labute approximate surface area is 153 Å². The molecule has 2 N–H and O–H groups in total. The molecule has 0 aromatic carbocycles. The van der Waals surface area contributed by atoms with Gasteiger partial charge in [0.2, 0.25) is 11.5 Å². The third-order valence-corrected chi connectivity index (χ3v) is 1.78. The van der Waals surface area contributed by atoms with Gasteiger partial charge in [0.25, 0.3) is 11.5 Å². The molecule has 0 saturated carbocycles. The Balaban J connectivity index is 0. The fraction of sp³-hybridized carbons (Fsp3) is 0.400. The minimum Gasteiger partial charge on any atom is -0.501 e. The van der Waals surface area contributed by atoms with Gasteiger partial charge in [0.05, 0.1) is 13.2 Å². The van der Waals surface area contributed by atoms with Crippen molar-refractivity contribution in [3.05, 3.63) is 11.5 Å². The number of aromatic hydroxyl groups is 2. The van der Waals surface area contributed by atoms with E-state index < -0.39 is 35.0 Å². The van der Waals surface area contributed by atoms with Crippen LogP contribution in [0.25, 0.3) is 0 Å². The van der Waals surface area contributed by atoms with Crippen molar-refractivity contribution in [3.8, 4) is 11.5 Å². The van der Waals surface area contributed by atoms with Crippen LogP contribution in [0.2, 0.25) is 0 Å². The topological polar surface area (TPSA) is 106 Å². The Morgan fingerprint density at radius 3 is 1.53 bits per heavy atom. The van der Waals surface area contributed by atoms with E-state index in [0.29, 0.717) is 0 Å². The predicted molar refractivity (Wildman–Crippen MR) is 65.5 cm³/mol. The fourth-order valence-corrected chi connectivity index (χ4v) is 1.08. The molecule has 2 radical (unpaired) electrons. The maximum Gasteiger partial charge on any atom is 0.378 e. The summed E-state index contributed by atoms with van der Waals surface area (Å²) in [6.07, 6.45) is 0. The van der Waals surface area contributed by atoms with Crippen molar-refractivity contribution in [2.24, 2.45) is 0 Å². The largest absolute Gasteiger partial charge is 0.501 e. The molecule has 0 spiro atoms. The maximum atomic E-state index is 11.3. The van der Waals surface area contributed by atoms with Crippen molar-refractivity contribution >= 4 is 71.1 Å². The van der Waals surface area contributed by atoms with E-state index in [9.17, 15) is 19.8 Å². The SMILES string of the molecule is CCOC(=O)c1oc(C(=O)OCC)c(O)c1O.[Na].[Na]. The van der Waals surface area contributed by atoms with E-state index in [2.05, 4.69) is 9.47 Å². The van der Waals surface area contributed by atoms with Crippen LogP contribution < -0.4 is 0 Å². The van der Waals surface area contributed by atoms with Crippen molar-refractivity contribution in [2.45, 2.75) is 13.8 Å². The number of carbonyl (C=O) groups excluding carboxylic acids is 2. The van der Waals surface area contributed by atoms with E-state index in [1.165, 1.54) is 0 Å². The summed E-state index contributed by atoms with van der Waals surface area (Å²) in [5.74, 6) is -4.90. The number of furan rings is 1. The minimum atomic E-state index is -0.976. The average Bonchev–Trinajstić information content (AvgIpc) is 2.57. The summed E-state index contributed by atoms with van der Waals surface area (Å²) >= 11 is 0. The van der Waals surface area contributed by atoms with Crippen LogP contribution in [0.15, 0.2) is 4.42 Å². The first-order valence-corrected chi connectivity index (χ1v) is 4.91.